The zero-order valence-electron chi connectivity index (χ0n) is 21.7. The van der Waals surface area contributed by atoms with Crippen molar-refractivity contribution in [2.75, 3.05) is 6.54 Å². The van der Waals surface area contributed by atoms with Gasteiger partial charge in [-0.15, -0.1) is 0 Å². The highest BCUT2D eigenvalue weighted by molar-refractivity contribution is 6.30. The van der Waals surface area contributed by atoms with E-state index in [4.69, 9.17) is 21.1 Å². The van der Waals surface area contributed by atoms with Crippen LogP contribution in [0.4, 0.5) is 0 Å². The molecule has 1 atom stereocenters. The summed E-state index contributed by atoms with van der Waals surface area (Å²) in [4.78, 5) is 17.8. The van der Waals surface area contributed by atoms with Gasteiger partial charge in [-0.25, -0.2) is 0 Å². The molecule has 0 spiro atoms. The first kappa shape index (κ1) is 25.0. The summed E-state index contributed by atoms with van der Waals surface area (Å²) in [5, 5.41) is 12.4. The second-order valence-electron chi connectivity index (χ2n) is 10.3. The van der Waals surface area contributed by atoms with E-state index in [1.54, 1.807) is 0 Å². The number of carbonyl (C=O) groups is 1. The highest BCUT2D eigenvalue weighted by atomic mass is 35.5. The second-order valence-corrected chi connectivity index (χ2v) is 10.7. The number of amides is 1. The van der Waals surface area contributed by atoms with Crippen molar-refractivity contribution in [1.29, 1.82) is 0 Å². The van der Waals surface area contributed by atoms with Crippen LogP contribution in [0.5, 0.6) is 0 Å². The minimum Gasteiger partial charge on any atom is -0.358 e. The minimum absolute atomic E-state index is 0.0899. The van der Waals surface area contributed by atoms with Gasteiger partial charge in [0.1, 0.15) is 6.04 Å². The molecule has 7 nitrogen and oxygen atoms in total. The Kier molecular flexibility index (Phi) is 6.50. The highest BCUT2D eigenvalue weighted by Gasteiger charge is 2.32. The quantitative estimate of drug-likeness (QED) is 0.336. The minimum atomic E-state index is -0.520. The fraction of sp³-hybridized carbons (Fsp3) is 0.310. The van der Waals surface area contributed by atoms with Gasteiger partial charge in [0.25, 0.3) is 0 Å². The molecule has 190 valence electrons. The Morgan fingerprint density at radius 3 is 2.49 bits per heavy atom. The van der Waals surface area contributed by atoms with Crippen molar-refractivity contribution in [3.63, 3.8) is 0 Å². The van der Waals surface area contributed by atoms with Crippen molar-refractivity contribution in [3.8, 4) is 22.3 Å². The molecule has 2 aromatic carbocycles. The van der Waals surface area contributed by atoms with Crippen LogP contribution in [0.1, 0.15) is 62.7 Å². The maximum Gasteiger partial charge on any atom is 0.222 e. The van der Waals surface area contributed by atoms with E-state index in [1.807, 2.05) is 49.0 Å². The normalized spacial score (nSPS) is 15.0. The smallest absolute Gasteiger partial charge is 0.222 e. The van der Waals surface area contributed by atoms with Gasteiger partial charge in [-0.1, -0.05) is 41.0 Å². The summed E-state index contributed by atoms with van der Waals surface area (Å²) in [6.45, 7) is 10.7. The van der Waals surface area contributed by atoms with Crippen molar-refractivity contribution >= 4 is 23.2 Å². The van der Waals surface area contributed by atoms with E-state index in [9.17, 15) is 4.79 Å². The third kappa shape index (κ3) is 4.83. The number of carbonyl (C=O) groups excluding carboxylic acids is 1. The van der Waals surface area contributed by atoms with Crippen LogP contribution < -0.4 is 5.32 Å². The van der Waals surface area contributed by atoms with Crippen LogP contribution in [0.3, 0.4) is 0 Å². The molecule has 37 heavy (non-hydrogen) atoms. The monoisotopic (exact) mass is 515 g/mol. The molecule has 1 aliphatic heterocycles. The Hall–Kier alpha value is -3.71. The maximum absolute atomic E-state index is 12.7. The molecular formula is C29H30ClN5O2. The third-order valence-corrected chi connectivity index (χ3v) is 6.75. The number of aryl methyl sites for hydroxylation is 1. The van der Waals surface area contributed by atoms with Crippen molar-refractivity contribution in [2.24, 2.45) is 4.99 Å². The summed E-state index contributed by atoms with van der Waals surface area (Å²) < 4.78 is 7.77. The number of hydrogen-bond donors (Lipinski definition) is 1. The molecule has 1 N–H and O–H groups in total. The van der Waals surface area contributed by atoms with Crippen molar-refractivity contribution < 1.29 is 9.32 Å². The fourth-order valence-corrected chi connectivity index (χ4v) is 4.75. The van der Waals surface area contributed by atoms with Gasteiger partial charge in [0.15, 0.2) is 5.76 Å². The lowest BCUT2D eigenvalue weighted by molar-refractivity contribution is -0.121. The van der Waals surface area contributed by atoms with Gasteiger partial charge in [0.2, 0.25) is 5.91 Å². The first-order valence-corrected chi connectivity index (χ1v) is 12.8. The van der Waals surface area contributed by atoms with Crippen LogP contribution in [0, 0.1) is 6.92 Å². The van der Waals surface area contributed by atoms with Crippen LogP contribution in [0.2, 0.25) is 5.02 Å². The van der Waals surface area contributed by atoms with E-state index in [1.165, 1.54) is 0 Å². The molecule has 1 amide bonds. The molecule has 3 heterocycles. The SMILES string of the molecule is CCNC(=O)C[C@@H]1N=C(c2ccc(Cl)cc2)c2cc(-c3cnn(C(C)(C)C)c3)ccc2-c2c(C)noc21. The van der Waals surface area contributed by atoms with E-state index in [2.05, 4.69) is 60.7 Å². The molecule has 0 fully saturated rings. The van der Waals surface area contributed by atoms with Crippen molar-refractivity contribution in [1.82, 2.24) is 20.3 Å². The Morgan fingerprint density at radius 1 is 1.08 bits per heavy atom. The number of aliphatic imine (C=N–C) groups is 1. The zero-order valence-corrected chi connectivity index (χ0v) is 22.4. The molecule has 0 saturated heterocycles. The molecule has 0 saturated carbocycles. The van der Waals surface area contributed by atoms with E-state index in [0.29, 0.717) is 17.3 Å². The number of benzene rings is 2. The summed E-state index contributed by atoms with van der Waals surface area (Å²) in [6.07, 6.45) is 4.11. The Balaban J connectivity index is 1.72. The molecule has 2 aromatic heterocycles. The lowest BCUT2D eigenvalue weighted by Gasteiger charge is -2.18. The first-order chi connectivity index (χ1) is 17.7. The number of fused-ring (bicyclic) bond motifs is 3. The van der Waals surface area contributed by atoms with Crippen LogP contribution >= 0.6 is 11.6 Å². The number of halogens is 1. The number of rotatable bonds is 5. The average Bonchev–Trinajstić information content (AvgIpc) is 3.47. The lowest BCUT2D eigenvalue weighted by Crippen LogP contribution is -2.24. The molecule has 1 aliphatic rings. The number of nitrogens with zero attached hydrogens (tertiary/aromatic N) is 4. The van der Waals surface area contributed by atoms with Gasteiger partial charge in [-0.3, -0.25) is 14.5 Å². The molecule has 5 rings (SSSR count). The van der Waals surface area contributed by atoms with E-state index < -0.39 is 6.04 Å². The van der Waals surface area contributed by atoms with E-state index in [0.717, 1.165) is 44.8 Å². The van der Waals surface area contributed by atoms with Gasteiger partial charge in [0.05, 0.1) is 35.1 Å². The van der Waals surface area contributed by atoms with Gasteiger partial charge < -0.3 is 9.84 Å². The van der Waals surface area contributed by atoms with Crippen molar-refractivity contribution in [2.45, 2.75) is 52.6 Å². The zero-order chi connectivity index (χ0) is 26.3. The van der Waals surface area contributed by atoms with Crippen LogP contribution in [0.25, 0.3) is 22.3 Å². The second kappa shape index (κ2) is 9.63. The van der Waals surface area contributed by atoms with Crippen LogP contribution in [0.15, 0.2) is 64.4 Å². The third-order valence-electron chi connectivity index (χ3n) is 6.49. The molecule has 0 bridgehead atoms. The van der Waals surface area contributed by atoms with Crippen molar-refractivity contribution in [3.05, 3.63) is 82.5 Å². The van der Waals surface area contributed by atoms with E-state index >= 15 is 0 Å². The number of aromatic nitrogens is 3. The first-order valence-electron chi connectivity index (χ1n) is 12.4. The molecule has 0 aliphatic carbocycles. The van der Waals surface area contributed by atoms with Gasteiger partial charge >= 0.3 is 0 Å². The molecule has 0 unspecified atom stereocenters. The molecular weight excluding hydrogens is 486 g/mol. The maximum atomic E-state index is 12.7. The van der Waals surface area contributed by atoms with Crippen LogP contribution in [-0.4, -0.2) is 33.1 Å². The average molecular weight is 516 g/mol. The predicted octanol–water partition coefficient (Wildman–Crippen LogP) is 6.34. The topological polar surface area (TPSA) is 85.3 Å². The van der Waals surface area contributed by atoms with Crippen LogP contribution in [-0.2, 0) is 10.3 Å². The van der Waals surface area contributed by atoms with Gasteiger partial charge in [-0.05, 0) is 63.9 Å². The summed E-state index contributed by atoms with van der Waals surface area (Å²) >= 11 is 6.21. The van der Waals surface area contributed by atoms with Gasteiger partial charge in [0, 0.05) is 34.5 Å². The summed E-state index contributed by atoms with van der Waals surface area (Å²) in [5.74, 6) is 0.509. The summed E-state index contributed by atoms with van der Waals surface area (Å²) in [7, 11) is 0. The number of hydrogen-bond acceptors (Lipinski definition) is 5. The lowest BCUT2D eigenvalue weighted by atomic mass is 9.90. The van der Waals surface area contributed by atoms with E-state index in [-0.39, 0.29) is 17.9 Å². The Bertz CT molecular complexity index is 1490. The Labute approximate surface area is 221 Å². The Morgan fingerprint density at radius 2 is 1.81 bits per heavy atom. The predicted molar refractivity (Wildman–Crippen MR) is 146 cm³/mol. The molecule has 4 aromatic rings. The largest absolute Gasteiger partial charge is 0.358 e. The molecule has 8 heteroatoms. The molecule has 0 radical (unpaired) electrons. The van der Waals surface area contributed by atoms with Gasteiger partial charge in [-0.2, -0.15) is 5.10 Å². The summed E-state index contributed by atoms with van der Waals surface area (Å²) in [6, 6.07) is 13.4. The summed E-state index contributed by atoms with van der Waals surface area (Å²) in [5.41, 5.74) is 7.14. The fourth-order valence-electron chi connectivity index (χ4n) is 4.62. The highest BCUT2D eigenvalue weighted by Crippen LogP contribution is 2.42. The standard InChI is InChI=1S/C29H30ClN5O2/c1-6-31-25(36)14-24-28-26(17(2)34-37-28)22-12-9-19(20-15-32-35(16-20)29(3,4)5)13-23(22)27(33-24)18-7-10-21(30)11-8-18/h7-13,15-16,24H,6,14H2,1-5H3,(H,31,36)/t24-/m0/s1. The number of nitrogens with one attached hydrogen (secondary N) is 1.